The number of rotatable bonds is 5. The van der Waals surface area contributed by atoms with Crippen LogP contribution in [-0.2, 0) is 9.53 Å². The Hall–Kier alpha value is -1.99. The van der Waals surface area contributed by atoms with E-state index in [0.29, 0.717) is 11.7 Å². The van der Waals surface area contributed by atoms with E-state index in [4.69, 9.17) is 17.0 Å². The van der Waals surface area contributed by atoms with Crippen molar-refractivity contribution in [2.75, 3.05) is 18.5 Å². The molecule has 1 heterocycles. The molecule has 1 aliphatic rings. The number of carbonyl (C=O) groups excluding carboxylic acids is 1. The van der Waals surface area contributed by atoms with Gasteiger partial charge in [-0.15, -0.1) is 0 Å². The summed E-state index contributed by atoms with van der Waals surface area (Å²) in [4.78, 5) is 11.1. The monoisotopic (exact) mass is 334 g/mol. The fourth-order valence-corrected chi connectivity index (χ4v) is 2.40. The van der Waals surface area contributed by atoms with Crippen LogP contribution < -0.4 is 16.1 Å². The summed E-state index contributed by atoms with van der Waals surface area (Å²) in [5.74, 6) is -0.102. The molecule has 1 amide bonds. The maximum absolute atomic E-state index is 11.1. The lowest BCUT2D eigenvalue weighted by Gasteiger charge is -2.12. The lowest BCUT2D eigenvalue weighted by atomic mass is 10.1. The van der Waals surface area contributed by atoms with E-state index in [1.54, 1.807) is 0 Å². The van der Waals surface area contributed by atoms with Crippen LogP contribution in [0.25, 0.3) is 0 Å². The normalized spacial score (nSPS) is 17.7. The topological polar surface area (TPSA) is 74.8 Å². The zero-order valence-corrected chi connectivity index (χ0v) is 14.2. The van der Waals surface area contributed by atoms with Crippen LogP contribution >= 0.6 is 12.2 Å². The highest BCUT2D eigenvalue weighted by atomic mass is 32.1. The van der Waals surface area contributed by atoms with E-state index in [2.05, 4.69) is 21.2 Å². The third-order valence-corrected chi connectivity index (χ3v) is 3.68. The van der Waals surface area contributed by atoms with Crippen molar-refractivity contribution < 1.29 is 9.53 Å². The number of benzene rings is 1. The standard InChI is InChI=1S/C16H22N4O2S/c1-11(13-5-3-6-14(9-13)18-12(2)21)19-20-16(23)17-10-15-7-4-8-22-15/h3,5-6,9,15H,4,7-8,10H2,1-2H3,(H,18,21)(H2,17,20,23)/b19-11+. The predicted molar refractivity (Wildman–Crippen MR) is 95.7 cm³/mol. The summed E-state index contributed by atoms with van der Waals surface area (Å²) in [7, 11) is 0. The summed E-state index contributed by atoms with van der Waals surface area (Å²) in [5, 5.41) is 10.6. The molecule has 0 aromatic heterocycles. The van der Waals surface area contributed by atoms with Crippen molar-refractivity contribution in [2.45, 2.75) is 32.8 Å². The summed E-state index contributed by atoms with van der Waals surface area (Å²) in [6.45, 7) is 4.88. The van der Waals surface area contributed by atoms with Crippen molar-refractivity contribution in [3.63, 3.8) is 0 Å². The number of hydrogen-bond donors (Lipinski definition) is 3. The lowest BCUT2D eigenvalue weighted by Crippen LogP contribution is -2.37. The Morgan fingerprint density at radius 3 is 2.96 bits per heavy atom. The van der Waals surface area contributed by atoms with E-state index < -0.39 is 0 Å². The van der Waals surface area contributed by atoms with Crippen LogP contribution in [0.1, 0.15) is 32.3 Å². The number of anilines is 1. The second-order valence-corrected chi connectivity index (χ2v) is 5.82. The molecule has 1 aliphatic heterocycles. The molecule has 0 saturated carbocycles. The van der Waals surface area contributed by atoms with Crippen LogP contribution in [0.3, 0.4) is 0 Å². The van der Waals surface area contributed by atoms with Crippen molar-refractivity contribution in [2.24, 2.45) is 5.10 Å². The number of thiocarbonyl (C=S) groups is 1. The fourth-order valence-electron chi connectivity index (χ4n) is 2.28. The van der Waals surface area contributed by atoms with Crippen molar-refractivity contribution in [1.29, 1.82) is 0 Å². The van der Waals surface area contributed by atoms with Gasteiger partial charge < -0.3 is 15.4 Å². The Morgan fingerprint density at radius 2 is 2.26 bits per heavy atom. The molecule has 1 aromatic carbocycles. The van der Waals surface area contributed by atoms with Crippen LogP contribution in [0, 0.1) is 0 Å². The molecular weight excluding hydrogens is 312 g/mol. The zero-order chi connectivity index (χ0) is 16.7. The third kappa shape index (κ3) is 5.96. The first-order valence-corrected chi connectivity index (χ1v) is 8.03. The van der Waals surface area contributed by atoms with Crippen LogP contribution in [0.15, 0.2) is 29.4 Å². The largest absolute Gasteiger partial charge is 0.376 e. The number of hydrazone groups is 1. The van der Waals surface area contributed by atoms with Crippen molar-refractivity contribution in [3.8, 4) is 0 Å². The fraction of sp³-hybridized carbons (Fsp3) is 0.438. The van der Waals surface area contributed by atoms with Gasteiger partial charge in [0.1, 0.15) is 0 Å². The minimum atomic E-state index is -0.102. The number of carbonyl (C=O) groups is 1. The van der Waals surface area contributed by atoms with E-state index in [9.17, 15) is 4.79 Å². The van der Waals surface area contributed by atoms with Crippen LogP contribution in [0.2, 0.25) is 0 Å². The Labute approximate surface area is 141 Å². The number of nitrogens with zero attached hydrogens (tertiary/aromatic N) is 1. The number of amides is 1. The molecule has 0 aliphatic carbocycles. The van der Waals surface area contributed by atoms with E-state index in [0.717, 1.165) is 36.4 Å². The zero-order valence-electron chi connectivity index (χ0n) is 13.4. The number of nitrogens with one attached hydrogen (secondary N) is 3. The van der Waals surface area contributed by atoms with Gasteiger partial charge in [0.25, 0.3) is 0 Å². The molecule has 0 bridgehead atoms. The second kappa shape index (κ2) is 8.59. The molecule has 1 fully saturated rings. The summed E-state index contributed by atoms with van der Waals surface area (Å²) in [6.07, 6.45) is 2.40. The Kier molecular flexibility index (Phi) is 6.49. The van der Waals surface area contributed by atoms with Gasteiger partial charge in [-0.25, -0.2) is 0 Å². The van der Waals surface area contributed by atoms with Crippen LogP contribution in [0.4, 0.5) is 5.69 Å². The van der Waals surface area contributed by atoms with Gasteiger partial charge in [0.05, 0.1) is 11.8 Å². The first-order chi connectivity index (χ1) is 11.0. The maximum Gasteiger partial charge on any atom is 0.221 e. The minimum Gasteiger partial charge on any atom is -0.376 e. The highest BCUT2D eigenvalue weighted by Gasteiger charge is 2.15. The molecule has 1 saturated heterocycles. The van der Waals surface area contributed by atoms with E-state index >= 15 is 0 Å². The number of ether oxygens (including phenoxy) is 1. The predicted octanol–water partition coefficient (Wildman–Crippen LogP) is 2.01. The molecule has 0 spiro atoms. The molecule has 6 nitrogen and oxygen atoms in total. The molecule has 2 rings (SSSR count). The molecule has 23 heavy (non-hydrogen) atoms. The molecule has 0 radical (unpaired) electrons. The molecule has 3 N–H and O–H groups in total. The quantitative estimate of drug-likeness (QED) is 0.436. The highest BCUT2D eigenvalue weighted by molar-refractivity contribution is 7.80. The third-order valence-electron chi connectivity index (χ3n) is 3.44. The molecule has 1 aromatic rings. The molecule has 1 unspecified atom stereocenters. The van der Waals surface area contributed by atoms with E-state index in [1.165, 1.54) is 6.92 Å². The smallest absolute Gasteiger partial charge is 0.221 e. The van der Waals surface area contributed by atoms with Crippen molar-refractivity contribution >= 4 is 34.6 Å². The van der Waals surface area contributed by atoms with Gasteiger partial charge in [0, 0.05) is 25.8 Å². The molecule has 7 heteroatoms. The molecule has 1 atom stereocenters. The molecular formula is C16H22N4O2S. The average Bonchev–Trinajstić information content (AvgIpc) is 3.03. The average molecular weight is 334 g/mol. The van der Waals surface area contributed by atoms with Crippen LogP contribution in [-0.4, -0.2) is 36.0 Å². The summed E-state index contributed by atoms with van der Waals surface area (Å²) >= 11 is 5.20. The maximum atomic E-state index is 11.1. The Bertz CT molecular complexity index is 597. The van der Waals surface area contributed by atoms with Crippen LogP contribution in [0.5, 0.6) is 0 Å². The van der Waals surface area contributed by atoms with E-state index in [-0.39, 0.29) is 12.0 Å². The summed E-state index contributed by atoms with van der Waals surface area (Å²) in [5.41, 5.74) is 5.25. The van der Waals surface area contributed by atoms with Gasteiger partial charge in [0.2, 0.25) is 5.91 Å². The first kappa shape index (κ1) is 17.4. The molecule has 124 valence electrons. The van der Waals surface area contributed by atoms with Gasteiger partial charge in [-0.05, 0) is 49.7 Å². The second-order valence-electron chi connectivity index (χ2n) is 5.42. The first-order valence-electron chi connectivity index (χ1n) is 7.62. The SMILES string of the molecule is CC(=O)Nc1cccc(/C(C)=N/NC(=S)NCC2CCCO2)c1. The van der Waals surface area contributed by atoms with Gasteiger partial charge in [0.15, 0.2) is 5.11 Å². The Balaban J connectivity index is 1.86. The minimum absolute atomic E-state index is 0.102. The Morgan fingerprint density at radius 1 is 1.43 bits per heavy atom. The van der Waals surface area contributed by atoms with Gasteiger partial charge >= 0.3 is 0 Å². The summed E-state index contributed by atoms with van der Waals surface area (Å²) in [6, 6.07) is 7.49. The van der Waals surface area contributed by atoms with Gasteiger partial charge in [-0.2, -0.15) is 5.10 Å². The number of hydrogen-bond acceptors (Lipinski definition) is 4. The van der Waals surface area contributed by atoms with E-state index in [1.807, 2.05) is 31.2 Å². The summed E-state index contributed by atoms with van der Waals surface area (Å²) < 4.78 is 5.52. The lowest BCUT2D eigenvalue weighted by molar-refractivity contribution is -0.114. The van der Waals surface area contributed by atoms with Gasteiger partial charge in [-0.3, -0.25) is 10.2 Å². The highest BCUT2D eigenvalue weighted by Crippen LogP contribution is 2.12. The van der Waals surface area contributed by atoms with Crippen molar-refractivity contribution in [1.82, 2.24) is 10.7 Å². The van der Waals surface area contributed by atoms with Gasteiger partial charge in [-0.1, -0.05) is 12.1 Å². The van der Waals surface area contributed by atoms with Crippen molar-refractivity contribution in [3.05, 3.63) is 29.8 Å².